The van der Waals surface area contributed by atoms with Gasteiger partial charge in [0.05, 0.1) is 18.5 Å². The molecule has 1 aliphatic heterocycles. The first-order valence-electron chi connectivity index (χ1n) is 10.2. The normalized spacial score (nSPS) is 13.4. The first kappa shape index (κ1) is 24.4. The lowest BCUT2D eigenvalue weighted by Gasteiger charge is -2.20. The van der Waals surface area contributed by atoms with Gasteiger partial charge in [0.1, 0.15) is 17.2 Å². The van der Waals surface area contributed by atoms with Crippen LogP contribution in [0.3, 0.4) is 0 Å². The largest absolute Gasteiger partial charge is 0.573 e. The van der Waals surface area contributed by atoms with Gasteiger partial charge in [-0.25, -0.2) is 10.2 Å². The van der Waals surface area contributed by atoms with Gasteiger partial charge in [-0.3, -0.25) is 4.79 Å². The van der Waals surface area contributed by atoms with Crippen molar-refractivity contribution < 1.29 is 37.6 Å². The van der Waals surface area contributed by atoms with Crippen molar-refractivity contribution in [3.8, 4) is 17.2 Å². The van der Waals surface area contributed by atoms with Crippen molar-refractivity contribution in [2.24, 2.45) is 4.99 Å². The van der Waals surface area contributed by atoms with E-state index in [-0.39, 0.29) is 23.7 Å². The van der Waals surface area contributed by atoms with Crippen LogP contribution < -0.4 is 19.3 Å². The van der Waals surface area contributed by atoms with E-state index in [9.17, 15) is 18.0 Å². The van der Waals surface area contributed by atoms with Crippen LogP contribution in [-0.4, -0.2) is 36.9 Å². The molecular formula is C24H18ClF3N2O5. The maximum Gasteiger partial charge on any atom is 0.573 e. The number of alkyl halides is 3. The number of halogens is 4. The Hall–Kier alpha value is -3.76. The molecule has 0 fully saturated rings. The number of aliphatic imine (C=N–C) groups is 1. The molecule has 1 heterocycles. The Bertz CT molecular complexity index is 1260. The van der Waals surface area contributed by atoms with Crippen LogP contribution >= 0.6 is 11.6 Å². The van der Waals surface area contributed by atoms with Crippen molar-refractivity contribution in [3.63, 3.8) is 0 Å². The molecule has 0 bridgehead atoms. The fraction of sp³-hybridized carbons (Fsp3) is 0.167. The number of nitrogens with zero attached hydrogens (tertiary/aromatic N) is 2. The Morgan fingerprint density at radius 2 is 1.74 bits per heavy atom. The zero-order valence-corrected chi connectivity index (χ0v) is 18.9. The summed E-state index contributed by atoms with van der Waals surface area (Å²) in [5.41, 5.74) is 1.64. The summed E-state index contributed by atoms with van der Waals surface area (Å²) in [6.07, 6.45) is -4.42. The van der Waals surface area contributed by atoms with Crippen LogP contribution in [0.5, 0.6) is 17.2 Å². The molecule has 0 unspecified atom stereocenters. The highest BCUT2D eigenvalue weighted by Gasteiger charge is 2.33. The van der Waals surface area contributed by atoms with E-state index >= 15 is 0 Å². The summed E-state index contributed by atoms with van der Waals surface area (Å²) in [5.74, 6) is -0.631. The number of ether oxygens (including phenoxy) is 2. The molecule has 7 nitrogen and oxygen atoms in total. The second kappa shape index (κ2) is 9.85. The number of amides is 1. The molecule has 0 atom stereocenters. The van der Waals surface area contributed by atoms with E-state index < -0.39 is 18.0 Å². The third-order valence-electron chi connectivity index (χ3n) is 5.20. The van der Waals surface area contributed by atoms with Gasteiger partial charge in [-0.2, -0.15) is 0 Å². The van der Waals surface area contributed by atoms with E-state index in [1.54, 1.807) is 24.3 Å². The summed E-state index contributed by atoms with van der Waals surface area (Å²) in [4.78, 5) is 23.8. The SMILES string of the molecule is COc1cc(N=C(C(=O)N2CCc3ccc(OC(F)(F)F)cc32)c2ccc(Cl)cc2)cc(OO)c1. The van der Waals surface area contributed by atoms with Crippen molar-refractivity contribution in [2.45, 2.75) is 12.8 Å². The third-order valence-corrected chi connectivity index (χ3v) is 5.45. The highest BCUT2D eigenvalue weighted by Crippen LogP contribution is 2.35. The van der Waals surface area contributed by atoms with Crippen molar-refractivity contribution >= 4 is 34.6 Å². The molecule has 1 aliphatic rings. The van der Waals surface area contributed by atoms with Crippen molar-refractivity contribution in [2.75, 3.05) is 18.6 Å². The molecule has 35 heavy (non-hydrogen) atoms. The Morgan fingerprint density at radius 1 is 1.03 bits per heavy atom. The standard InChI is InChI=1S/C24H18ClF3N2O5/c1-33-19-10-17(11-20(12-19)35-32)29-22(15-2-5-16(25)6-3-15)23(31)30-9-8-14-4-7-18(13-21(14)30)34-24(26,27)28/h2-7,10-13,32H,8-9H2,1H3. The Kier molecular flexibility index (Phi) is 6.86. The third kappa shape index (κ3) is 5.67. The minimum Gasteiger partial charge on any atom is -0.497 e. The fourth-order valence-corrected chi connectivity index (χ4v) is 3.79. The van der Waals surface area contributed by atoms with E-state index in [0.29, 0.717) is 34.0 Å². The summed E-state index contributed by atoms with van der Waals surface area (Å²) < 4.78 is 47.4. The van der Waals surface area contributed by atoms with E-state index in [4.69, 9.17) is 21.6 Å². The molecule has 3 aromatic rings. The predicted octanol–water partition coefficient (Wildman–Crippen LogP) is 5.81. The minimum atomic E-state index is -4.86. The number of fused-ring (bicyclic) bond motifs is 1. The molecule has 0 spiro atoms. The minimum absolute atomic E-state index is 0.00574. The van der Waals surface area contributed by atoms with Gasteiger partial charge in [0.15, 0.2) is 5.75 Å². The maximum atomic E-state index is 13.7. The van der Waals surface area contributed by atoms with Crippen LogP contribution in [0.4, 0.5) is 24.5 Å². The Labute approximate surface area is 202 Å². The summed E-state index contributed by atoms with van der Waals surface area (Å²) in [5, 5.41) is 9.52. The van der Waals surface area contributed by atoms with Crippen LogP contribution in [0.2, 0.25) is 5.02 Å². The van der Waals surface area contributed by atoms with Gasteiger partial charge in [-0.15, -0.1) is 13.2 Å². The van der Waals surface area contributed by atoms with Crippen molar-refractivity contribution in [1.29, 1.82) is 0 Å². The summed E-state index contributed by atoms with van der Waals surface area (Å²) in [7, 11) is 1.41. The van der Waals surface area contributed by atoms with Crippen LogP contribution in [0, 0.1) is 0 Å². The molecule has 0 radical (unpaired) electrons. The Balaban J connectivity index is 1.78. The monoisotopic (exact) mass is 506 g/mol. The van der Waals surface area contributed by atoms with Gasteiger partial charge in [-0.1, -0.05) is 29.8 Å². The number of carbonyl (C=O) groups is 1. The smallest absolute Gasteiger partial charge is 0.497 e. The van der Waals surface area contributed by atoms with Gasteiger partial charge in [-0.05, 0) is 30.2 Å². The fourth-order valence-electron chi connectivity index (χ4n) is 3.66. The van der Waals surface area contributed by atoms with Gasteiger partial charge >= 0.3 is 6.36 Å². The molecule has 11 heteroatoms. The molecule has 1 N–H and O–H groups in total. The van der Waals surface area contributed by atoms with Crippen molar-refractivity contribution in [3.05, 3.63) is 76.8 Å². The number of carbonyl (C=O) groups excluding carboxylic acids is 1. The van der Waals surface area contributed by atoms with Crippen LogP contribution in [0.25, 0.3) is 0 Å². The average molecular weight is 507 g/mol. The average Bonchev–Trinajstić information content (AvgIpc) is 3.24. The molecule has 1 amide bonds. The second-order valence-corrected chi connectivity index (χ2v) is 7.91. The highest BCUT2D eigenvalue weighted by molar-refractivity contribution is 6.50. The number of hydrogen-bond acceptors (Lipinski definition) is 6. The molecule has 0 saturated heterocycles. The van der Waals surface area contributed by atoms with E-state index in [2.05, 4.69) is 14.6 Å². The number of methoxy groups -OCH3 is 1. The topological polar surface area (TPSA) is 80.6 Å². The van der Waals surface area contributed by atoms with Crippen molar-refractivity contribution in [1.82, 2.24) is 0 Å². The maximum absolute atomic E-state index is 13.7. The lowest BCUT2D eigenvalue weighted by Crippen LogP contribution is -2.35. The summed E-state index contributed by atoms with van der Waals surface area (Å²) in [6.45, 7) is 0.235. The molecule has 0 aliphatic carbocycles. The zero-order valence-electron chi connectivity index (χ0n) is 18.2. The molecule has 0 aromatic heterocycles. The van der Waals surface area contributed by atoms with Crippen LogP contribution in [0.15, 0.2) is 65.7 Å². The Morgan fingerprint density at radius 3 is 2.40 bits per heavy atom. The number of benzene rings is 3. The first-order chi connectivity index (χ1) is 16.7. The molecule has 4 rings (SSSR count). The quantitative estimate of drug-likeness (QED) is 0.259. The summed E-state index contributed by atoms with van der Waals surface area (Å²) in [6, 6.07) is 14.6. The number of anilines is 1. The van der Waals surface area contributed by atoms with Crippen LogP contribution in [0.1, 0.15) is 11.1 Å². The van der Waals surface area contributed by atoms with Gasteiger partial charge in [0, 0.05) is 41.4 Å². The van der Waals surface area contributed by atoms with Gasteiger partial charge in [0.25, 0.3) is 5.91 Å². The zero-order chi connectivity index (χ0) is 25.2. The first-order valence-corrected chi connectivity index (χ1v) is 10.6. The molecule has 3 aromatic carbocycles. The van der Waals surface area contributed by atoms with Gasteiger partial charge < -0.3 is 19.3 Å². The van der Waals surface area contributed by atoms with E-state index in [1.807, 2.05) is 0 Å². The van der Waals surface area contributed by atoms with E-state index in [0.717, 1.165) is 0 Å². The second-order valence-electron chi connectivity index (χ2n) is 7.47. The number of hydrogen-bond donors (Lipinski definition) is 1. The molecular weight excluding hydrogens is 489 g/mol. The van der Waals surface area contributed by atoms with E-state index in [1.165, 1.54) is 48.4 Å². The lowest BCUT2D eigenvalue weighted by atomic mass is 10.1. The van der Waals surface area contributed by atoms with Crippen LogP contribution in [-0.2, 0) is 11.2 Å². The highest BCUT2D eigenvalue weighted by atomic mass is 35.5. The summed E-state index contributed by atoms with van der Waals surface area (Å²) >= 11 is 6.00. The molecule has 182 valence electrons. The number of rotatable bonds is 6. The lowest BCUT2D eigenvalue weighted by molar-refractivity contribution is -0.274. The predicted molar refractivity (Wildman–Crippen MR) is 123 cm³/mol. The van der Waals surface area contributed by atoms with Gasteiger partial charge in [0.2, 0.25) is 0 Å². The molecule has 0 saturated carbocycles.